The molecule has 0 aliphatic heterocycles. The van der Waals surface area contributed by atoms with E-state index in [1.165, 1.54) is 0 Å². The smallest absolute Gasteiger partial charge is 0.500 e. The summed E-state index contributed by atoms with van der Waals surface area (Å²) in [6, 6.07) is 0.810. The van der Waals surface area contributed by atoms with Crippen LogP contribution in [0.25, 0.3) is 0 Å². The van der Waals surface area contributed by atoms with E-state index in [-0.39, 0.29) is 25.6 Å². The lowest BCUT2D eigenvalue weighted by Crippen LogP contribution is -3.00. The van der Waals surface area contributed by atoms with Crippen LogP contribution >= 0.6 is 0 Å². The first-order valence-corrected chi connectivity index (χ1v) is 10.2. The minimum atomic E-state index is -2.48. The number of hydrogen-bond donors (Lipinski definition) is 2. The molecule has 2 N–H and O–H groups in total. The second kappa shape index (κ2) is 14.6. The van der Waals surface area contributed by atoms with E-state index in [0.717, 1.165) is 62.3 Å². The molecule has 0 heterocycles. The minimum absolute atomic E-state index is 0. The molecule has 0 rings (SSSR count). The highest BCUT2D eigenvalue weighted by molar-refractivity contribution is 6.60. The average Bonchev–Trinajstić information content (AvgIpc) is 2.53. The second-order valence-corrected chi connectivity index (χ2v) is 9.14. The molecule has 0 aliphatic carbocycles. The van der Waals surface area contributed by atoms with E-state index < -0.39 is 8.80 Å². The Morgan fingerprint density at radius 2 is 1.13 bits per heavy atom. The Balaban J connectivity index is 0. The van der Waals surface area contributed by atoms with Gasteiger partial charge in [-0.2, -0.15) is 0 Å². The highest BCUT2D eigenvalue weighted by Gasteiger charge is 2.38. The molecule has 0 fully saturated rings. The number of nitrogens with zero attached hydrogens (tertiary/aromatic N) is 1. The largest absolute Gasteiger partial charge is 1.00 e. The Hall–Kier alpha value is 0.267. The fourth-order valence-corrected chi connectivity index (χ4v) is 4.48. The zero-order chi connectivity index (χ0) is 16.9. The molecule has 0 bridgehead atoms. The molecule has 0 saturated heterocycles. The molecule has 6 nitrogen and oxygen atoms in total. The van der Waals surface area contributed by atoms with Gasteiger partial charge < -0.3 is 40.4 Å². The Morgan fingerprint density at radius 1 is 0.739 bits per heavy atom. The number of rotatable bonds is 15. The summed E-state index contributed by atoms with van der Waals surface area (Å²) in [7, 11) is 4.72. The van der Waals surface area contributed by atoms with Crippen molar-refractivity contribution in [2.45, 2.75) is 38.1 Å². The van der Waals surface area contributed by atoms with Crippen LogP contribution in [0, 0.1) is 0 Å². The molecule has 0 aliphatic rings. The van der Waals surface area contributed by atoms with Crippen LogP contribution < -0.4 is 12.4 Å². The maximum absolute atomic E-state index is 8.97. The van der Waals surface area contributed by atoms with E-state index in [0.29, 0.717) is 0 Å². The Morgan fingerprint density at radius 3 is 1.48 bits per heavy atom. The van der Waals surface area contributed by atoms with Crippen molar-refractivity contribution in [1.82, 2.24) is 0 Å². The second-order valence-electron chi connectivity index (χ2n) is 6.05. The first-order chi connectivity index (χ1) is 10.5. The molecule has 0 atom stereocenters. The van der Waals surface area contributed by atoms with Crippen LogP contribution in [-0.2, 0) is 13.3 Å². The molecule has 0 aromatic rings. The van der Waals surface area contributed by atoms with Crippen molar-refractivity contribution in [1.29, 1.82) is 0 Å². The average molecular weight is 374 g/mol. The lowest BCUT2D eigenvalue weighted by atomic mass is 10.2. The van der Waals surface area contributed by atoms with E-state index in [2.05, 4.69) is 7.05 Å². The molecule has 0 unspecified atom stereocenters. The van der Waals surface area contributed by atoms with Crippen LogP contribution in [0.4, 0.5) is 0 Å². The van der Waals surface area contributed by atoms with E-state index in [1.54, 1.807) is 21.3 Å². The van der Waals surface area contributed by atoms with Gasteiger partial charge in [-0.1, -0.05) is 0 Å². The van der Waals surface area contributed by atoms with E-state index >= 15 is 0 Å². The van der Waals surface area contributed by atoms with Crippen molar-refractivity contribution in [3.8, 4) is 0 Å². The SMILES string of the molecule is CO[Si](CCC[N+](C)(CCCCO)CCCCO)(OC)OC.[Cl-]. The van der Waals surface area contributed by atoms with Crippen molar-refractivity contribution >= 4 is 8.80 Å². The quantitative estimate of drug-likeness (QED) is 0.202. The van der Waals surface area contributed by atoms with Crippen LogP contribution in [0.5, 0.6) is 0 Å². The van der Waals surface area contributed by atoms with Gasteiger partial charge >= 0.3 is 8.80 Å². The van der Waals surface area contributed by atoms with Crippen LogP contribution in [0.2, 0.25) is 6.04 Å². The van der Waals surface area contributed by atoms with Crippen molar-refractivity contribution in [2.75, 3.05) is 61.2 Å². The van der Waals surface area contributed by atoms with Crippen LogP contribution in [0.15, 0.2) is 0 Å². The summed E-state index contributed by atoms with van der Waals surface area (Å²) >= 11 is 0. The highest BCUT2D eigenvalue weighted by atomic mass is 35.5. The number of aliphatic hydroxyl groups excluding tert-OH is 2. The molecule has 0 spiro atoms. The Kier molecular flexibility index (Phi) is 16.2. The molecular formula is C15H36ClNO5Si. The van der Waals surface area contributed by atoms with Crippen LogP contribution in [-0.4, -0.2) is 84.7 Å². The number of hydrogen-bond acceptors (Lipinski definition) is 5. The van der Waals surface area contributed by atoms with Gasteiger partial charge in [-0.3, -0.25) is 0 Å². The Labute approximate surface area is 149 Å². The third-order valence-corrected chi connectivity index (χ3v) is 7.16. The summed E-state index contributed by atoms with van der Waals surface area (Å²) in [6.45, 7) is 3.63. The molecule has 142 valence electrons. The van der Waals surface area contributed by atoms with E-state index in [9.17, 15) is 0 Å². The van der Waals surface area contributed by atoms with Gasteiger partial charge in [0, 0.05) is 47.0 Å². The fraction of sp³-hybridized carbons (Fsp3) is 1.00. The van der Waals surface area contributed by atoms with Gasteiger partial charge in [0.1, 0.15) is 0 Å². The Bertz CT molecular complexity index is 252. The first kappa shape index (κ1) is 25.5. The number of unbranched alkanes of at least 4 members (excludes halogenated alkanes) is 2. The van der Waals surface area contributed by atoms with E-state index in [4.69, 9.17) is 23.5 Å². The summed E-state index contributed by atoms with van der Waals surface area (Å²) < 4.78 is 17.4. The van der Waals surface area contributed by atoms with Gasteiger partial charge in [-0.05, 0) is 25.7 Å². The zero-order valence-corrected chi connectivity index (χ0v) is 17.0. The highest BCUT2D eigenvalue weighted by Crippen LogP contribution is 2.18. The minimum Gasteiger partial charge on any atom is -1.00 e. The van der Waals surface area contributed by atoms with Gasteiger partial charge in [-0.15, -0.1) is 0 Å². The van der Waals surface area contributed by atoms with Gasteiger partial charge in [0.25, 0.3) is 0 Å². The maximum Gasteiger partial charge on any atom is 0.500 e. The van der Waals surface area contributed by atoms with Crippen molar-refractivity contribution < 1.29 is 40.4 Å². The molecule has 0 aromatic heterocycles. The molecule has 8 heteroatoms. The summed E-state index contributed by atoms with van der Waals surface area (Å²) in [5.74, 6) is 0. The fourth-order valence-electron chi connectivity index (χ4n) is 2.78. The first-order valence-electron chi connectivity index (χ1n) is 8.22. The lowest BCUT2D eigenvalue weighted by Gasteiger charge is -2.35. The van der Waals surface area contributed by atoms with Gasteiger partial charge in [0.05, 0.1) is 26.7 Å². The van der Waals surface area contributed by atoms with Crippen molar-refractivity contribution in [2.24, 2.45) is 0 Å². The molecular weight excluding hydrogens is 338 g/mol. The van der Waals surface area contributed by atoms with Crippen LogP contribution in [0.3, 0.4) is 0 Å². The number of quaternary nitrogens is 1. The van der Waals surface area contributed by atoms with Crippen LogP contribution in [0.1, 0.15) is 32.1 Å². The summed E-state index contributed by atoms with van der Waals surface area (Å²) in [6.07, 6.45) is 4.72. The van der Waals surface area contributed by atoms with Crippen molar-refractivity contribution in [3.05, 3.63) is 0 Å². The summed E-state index contributed by atoms with van der Waals surface area (Å²) in [5, 5.41) is 17.9. The summed E-state index contributed by atoms with van der Waals surface area (Å²) in [5.41, 5.74) is 0. The van der Waals surface area contributed by atoms with Crippen molar-refractivity contribution in [3.63, 3.8) is 0 Å². The van der Waals surface area contributed by atoms with Gasteiger partial charge in [0.2, 0.25) is 0 Å². The monoisotopic (exact) mass is 373 g/mol. The van der Waals surface area contributed by atoms with Gasteiger partial charge in [0.15, 0.2) is 0 Å². The normalized spacial score (nSPS) is 12.3. The molecule has 23 heavy (non-hydrogen) atoms. The zero-order valence-electron chi connectivity index (χ0n) is 15.2. The third kappa shape index (κ3) is 10.7. The maximum atomic E-state index is 8.97. The molecule has 0 saturated carbocycles. The number of aliphatic hydroxyl groups is 2. The standard InChI is InChI=1S/C15H36NO5Si.ClH/c1-16(10-5-7-13-17,11-6-8-14-18)12-9-15-22(19-2,20-3)21-4;/h17-18H,5-15H2,1-4H3;1H/q+1;/p-1. The third-order valence-electron chi connectivity index (χ3n) is 4.33. The molecule has 0 amide bonds. The predicted molar refractivity (Wildman–Crippen MR) is 89.6 cm³/mol. The topological polar surface area (TPSA) is 68.2 Å². The van der Waals surface area contributed by atoms with E-state index in [1.807, 2.05) is 0 Å². The molecule has 0 aromatic carbocycles. The lowest BCUT2D eigenvalue weighted by molar-refractivity contribution is -0.910. The predicted octanol–water partition coefficient (Wildman–Crippen LogP) is -1.75. The molecule has 0 radical (unpaired) electrons. The van der Waals surface area contributed by atoms with Gasteiger partial charge in [-0.25, -0.2) is 0 Å². The summed E-state index contributed by atoms with van der Waals surface area (Å²) in [4.78, 5) is 0. The number of halogens is 1.